The summed E-state index contributed by atoms with van der Waals surface area (Å²) in [6.07, 6.45) is 1.48. The van der Waals surface area contributed by atoms with E-state index in [-0.39, 0.29) is 18.3 Å². The molecule has 2 heterocycles. The third-order valence-corrected chi connectivity index (χ3v) is 5.72. The second kappa shape index (κ2) is 9.30. The first kappa shape index (κ1) is 21.7. The number of aryl methyl sites for hydroxylation is 1. The molecule has 1 unspecified atom stereocenters. The smallest absolute Gasteiger partial charge is 0.244 e. The summed E-state index contributed by atoms with van der Waals surface area (Å²) in [7, 11) is 0. The zero-order chi connectivity index (χ0) is 21.2. The monoisotopic (exact) mass is 446 g/mol. The predicted molar refractivity (Wildman–Crippen MR) is 126 cm³/mol. The van der Waals surface area contributed by atoms with Crippen molar-refractivity contribution in [2.45, 2.75) is 25.4 Å². The minimum absolute atomic E-state index is 0. The molecule has 1 atom stereocenters. The maximum Gasteiger partial charge on any atom is 0.244 e. The fourth-order valence-electron chi connectivity index (χ4n) is 4.09. The first-order chi connectivity index (χ1) is 15.2. The van der Waals surface area contributed by atoms with Gasteiger partial charge >= 0.3 is 0 Å². The van der Waals surface area contributed by atoms with Crippen LogP contribution in [0.1, 0.15) is 17.5 Å². The Morgan fingerprint density at radius 3 is 2.44 bits per heavy atom. The Morgan fingerprint density at radius 1 is 0.969 bits per heavy atom. The van der Waals surface area contributed by atoms with Crippen LogP contribution < -0.4 is 10.6 Å². The number of carbonyl (C=O) groups excluding carboxylic acids is 1. The Morgan fingerprint density at radius 2 is 1.69 bits per heavy atom. The molecule has 3 aromatic carbocycles. The van der Waals surface area contributed by atoms with E-state index in [2.05, 4.69) is 51.0 Å². The summed E-state index contributed by atoms with van der Waals surface area (Å²) in [6, 6.07) is 23.8. The number of halogens is 1. The number of anilines is 1. The molecule has 0 saturated heterocycles. The van der Waals surface area contributed by atoms with E-state index >= 15 is 0 Å². The molecular formula is C24H23ClN6O. The first-order valence-electron chi connectivity index (χ1n) is 10.3. The van der Waals surface area contributed by atoms with Gasteiger partial charge in [-0.3, -0.25) is 4.79 Å². The summed E-state index contributed by atoms with van der Waals surface area (Å²) in [5, 5.41) is 14.2. The van der Waals surface area contributed by atoms with Crippen molar-refractivity contribution in [2.24, 2.45) is 5.73 Å². The molecular weight excluding hydrogens is 424 g/mol. The number of hydrogen-bond acceptors (Lipinski definition) is 5. The van der Waals surface area contributed by atoms with Gasteiger partial charge in [0, 0.05) is 11.3 Å². The van der Waals surface area contributed by atoms with Crippen LogP contribution in [0.5, 0.6) is 0 Å². The minimum atomic E-state index is -0.478. The van der Waals surface area contributed by atoms with Gasteiger partial charge in [-0.05, 0) is 51.6 Å². The van der Waals surface area contributed by atoms with Crippen molar-refractivity contribution >= 4 is 24.0 Å². The molecule has 8 heteroatoms. The zero-order valence-corrected chi connectivity index (χ0v) is 18.1. The minimum Gasteiger partial charge on any atom is -0.320 e. The van der Waals surface area contributed by atoms with E-state index < -0.39 is 6.04 Å². The molecule has 0 fully saturated rings. The van der Waals surface area contributed by atoms with Crippen molar-refractivity contribution in [1.29, 1.82) is 0 Å². The van der Waals surface area contributed by atoms with E-state index in [1.54, 1.807) is 0 Å². The molecule has 0 bridgehead atoms. The third kappa shape index (κ3) is 4.12. The molecule has 1 aliphatic heterocycles. The van der Waals surface area contributed by atoms with Crippen LogP contribution in [0.25, 0.3) is 22.5 Å². The molecule has 0 radical (unpaired) electrons. The number of hydrogen-bond donors (Lipinski definition) is 2. The third-order valence-electron chi connectivity index (χ3n) is 5.72. The molecule has 0 saturated carbocycles. The van der Waals surface area contributed by atoms with E-state index in [0.717, 1.165) is 39.9 Å². The van der Waals surface area contributed by atoms with Crippen molar-refractivity contribution in [3.63, 3.8) is 0 Å². The largest absolute Gasteiger partial charge is 0.320 e. The number of nitrogens with one attached hydrogen (secondary N) is 1. The highest BCUT2D eigenvalue weighted by Crippen LogP contribution is 2.31. The summed E-state index contributed by atoms with van der Waals surface area (Å²) in [5.74, 6) is 0.595. The van der Waals surface area contributed by atoms with Crippen LogP contribution in [-0.4, -0.2) is 32.6 Å². The van der Waals surface area contributed by atoms with Crippen LogP contribution in [0.3, 0.4) is 0 Å². The van der Waals surface area contributed by atoms with Gasteiger partial charge in [0.1, 0.15) is 0 Å². The molecule has 162 valence electrons. The molecule has 32 heavy (non-hydrogen) atoms. The summed E-state index contributed by atoms with van der Waals surface area (Å²) in [5.41, 5.74) is 12.3. The highest BCUT2D eigenvalue weighted by atomic mass is 35.5. The van der Waals surface area contributed by atoms with Gasteiger partial charge in [-0.25, -0.2) is 5.10 Å². The number of H-pyrrole nitrogens is 1. The molecule has 0 spiro atoms. The summed E-state index contributed by atoms with van der Waals surface area (Å²) in [6.45, 7) is 0.484. The number of rotatable bonds is 4. The lowest BCUT2D eigenvalue weighted by Crippen LogP contribution is -2.42. The topological polar surface area (TPSA) is 101 Å². The molecule has 3 N–H and O–H groups in total. The Bertz CT molecular complexity index is 1210. The van der Waals surface area contributed by atoms with E-state index in [0.29, 0.717) is 18.8 Å². The number of fused-ring (bicyclic) bond motifs is 1. The lowest BCUT2D eigenvalue weighted by atomic mass is 9.98. The molecule has 0 aliphatic carbocycles. The van der Waals surface area contributed by atoms with Gasteiger partial charge in [-0.2, -0.15) is 0 Å². The SMILES string of the molecule is Cl.NC1CCc2ccccc2N(Cc2ccc(-c3ccccc3-c3nnn[nH]3)cc2)C1=O. The van der Waals surface area contributed by atoms with E-state index in [1.807, 2.05) is 47.4 Å². The van der Waals surface area contributed by atoms with Gasteiger partial charge in [0.25, 0.3) is 0 Å². The molecule has 5 rings (SSSR count). The Balaban J connectivity index is 0.00000245. The van der Waals surface area contributed by atoms with E-state index in [1.165, 1.54) is 0 Å². The van der Waals surface area contributed by atoms with Crippen LogP contribution in [0.4, 0.5) is 5.69 Å². The quantitative estimate of drug-likeness (QED) is 0.497. The lowest BCUT2D eigenvalue weighted by molar-refractivity contribution is -0.120. The maximum atomic E-state index is 13.0. The van der Waals surface area contributed by atoms with Crippen LogP contribution in [0, 0.1) is 0 Å². The van der Waals surface area contributed by atoms with Crippen molar-refractivity contribution < 1.29 is 4.79 Å². The molecule has 1 amide bonds. The Hall–Kier alpha value is -3.55. The van der Waals surface area contributed by atoms with Crippen LogP contribution >= 0.6 is 12.4 Å². The first-order valence-corrected chi connectivity index (χ1v) is 10.3. The highest BCUT2D eigenvalue weighted by molar-refractivity contribution is 5.98. The lowest BCUT2D eigenvalue weighted by Gasteiger charge is -2.25. The Labute approximate surface area is 192 Å². The van der Waals surface area contributed by atoms with Gasteiger partial charge in [-0.1, -0.05) is 66.7 Å². The normalized spacial score (nSPS) is 15.6. The number of amides is 1. The van der Waals surface area contributed by atoms with Crippen molar-refractivity contribution in [2.75, 3.05) is 4.90 Å². The van der Waals surface area contributed by atoms with E-state index in [9.17, 15) is 4.79 Å². The van der Waals surface area contributed by atoms with E-state index in [4.69, 9.17) is 5.73 Å². The van der Waals surface area contributed by atoms with Gasteiger partial charge in [0.15, 0.2) is 5.82 Å². The molecule has 1 aliphatic rings. The maximum absolute atomic E-state index is 13.0. The number of nitrogens with zero attached hydrogens (tertiary/aromatic N) is 4. The number of carbonyl (C=O) groups is 1. The van der Waals surface area contributed by atoms with Gasteiger partial charge < -0.3 is 10.6 Å². The number of aromatic nitrogens is 4. The summed E-state index contributed by atoms with van der Waals surface area (Å²) >= 11 is 0. The summed E-state index contributed by atoms with van der Waals surface area (Å²) < 4.78 is 0. The molecule has 4 aromatic rings. The average Bonchev–Trinajstić information content (AvgIpc) is 3.33. The zero-order valence-electron chi connectivity index (χ0n) is 17.3. The average molecular weight is 447 g/mol. The fourth-order valence-corrected chi connectivity index (χ4v) is 4.09. The standard InChI is InChI=1S/C24H22N6O.ClH/c25-21-14-13-18-5-1-4-8-22(18)30(24(21)31)15-16-9-11-17(12-10-16)19-6-2-3-7-20(19)23-26-28-29-27-23;/h1-12,21H,13-15,25H2,(H,26,27,28,29);1H. The van der Waals surface area contributed by atoms with Gasteiger partial charge in [0.2, 0.25) is 5.91 Å². The number of para-hydroxylation sites is 1. The van der Waals surface area contributed by atoms with Gasteiger partial charge in [-0.15, -0.1) is 17.5 Å². The van der Waals surface area contributed by atoms with Crippen LogP contribution in [-0.2, 0) is 17.8 Å². The van der Waals surface area contributed by atoms with Gasteiger partial charge in [0.05, 0.1) is 12.6 Å². The second-order valence-corrected chi connectivity index (χ2v) is 7.69. The Kier molecular flexibility index (Phi) is 6.30. The number of tetrazole rings is 1. The number of aromatic amines is 1. The highest BCUT2D eigenvalue weighted by Gasteiger charge is 2.27. The van der Waals surface area contributed by atoms with Crippen LogP contribution in [0.2, 0.25) is 0 Å². The second-order valence-electron chi connectivity index (χ2n) is 7.69. The van der Waals surface area contributed by atoms with Crippen LogP contribution in [0.15, 0.2) is 72.8 Å². The molecule has 1 aromatic heterocycles. The molecule has 7 nitrogen and oxygen atoms in total. The number of benzene rings is 3. The van der Waals surface area contributed by atoms with Crippen molar-refractivity contribution in [1.82, 2.24) is 20.6 Å². The fraction of sp³-hybridized carbons (Fsp3) is 0.167. The van der Waals surface area contributed by atoms with Crippen molar-refractivity contribution in [3.8, 4) is 22.5 Å². The number of nitrogens with two attached hydrogens (primary N) is 1. The predicted octanol–water partition coefficient (Wildman–Crippen LogP) is 3.76. The summed E-state index contributed by atoms with van der Waals surface area (Å²) in [4.78, 5) is 14.8. The van der Waals surface area contributed by atoms with Crippen molar-refractivity contribution in [3.05, 3.63) is 83.9 Å².